The number of hydrogen-bond acceptors (Lipinski definition) is 5. The van der Waals surface area contributed by atoms with E-state index in [-0.39, 0.29) is 30.6 Å². The molecule has 1 amide bonds. The van der Waals surface area contributed by atoms with Gasteiger partial charge in [0.25, 0.3) is 5.91 Å². The van der Waals surface area contributed by atoms with E-state index in [1.54, 1.807) is 13.2 Å². The quantitative estimate of drug-likeness (QED) is 0.795. The van der Waals surface area contributed by atoms with Gasteiger partial charge in [0.1, 0.15) is 0 Å². The number of H-pyrrole nitrogens is 1. The lowest BCUT2D eigenvalue weighted by Gasteiger charge is -2.23. The van der Waals surface area contributed by atoms with Gasteiger partial charge < -0.3 is 14.6 Å². The van der Waals surface area contributed by atoms with Crippen LogP contribution in [0, 0.1) is 0 Å². The molecular formula is C17H20N2O5S. The number of hydrogen-bond donors (Lipinski definition) is 1. The van der Waals surface area contributed by atoms with E-state index in [4.69, 9.17) is 4.74 Å². The van der Waals surface area contributed by atoms with Gasteiger partial charge in [0.05, 0.1) is 17.9 Å². The highest BCUT2D eigenvalue weighted by Gasteiger charge is 2.32. The van der Waals surface area contributed by atoms with E-state index >= 15 is 0 Å². The van der Waals surface area contributed by atoms with Crippen molar-refractivity contribution in [1.29, 1.82) is 0 Å². The first-order valence-corrected chi connectivity index (χ1v) is 9.84. The number of carbonyl (C=O) groups excluding carboxylic acids is 2. The molecule has 2 heterocycles. The Balaban J connectivity index is 1.53. The van der Waals surface area contributed by atoms with Crippen molar-refractivity contribution in [2.75, 3.05) is 25.2 Å². The molecule has 0 saturated carbocycles. The van der Waals surface area contributed by atoms with Gasteiger partial charge in [-0.15, -0.1) is 0 Å². The monoisotopic (exact) mass is 364 g/mol. The fourth-order valence-corrected chi connectivity index (χ4v) is 4.79. The predicted molar refractivity (Wildman–Crippen MR) is 92.8 cm³/mol. The van der Waals surface area contributed by atoms with Gasteiger partial charge in [0.2, 0.25) is 0 Å². The summed E-state index contributed by atoms with van der Waals surface area (Å²) < 4.78 is 28.1. The van der Waals surface area contributed by atoms with Crippen molar-refractivity contribution >= 4 is 32.6 Å². The van der Waals surface area contributed by atoms with Crippen molar-refractivity contribution in [1.82, 2.24) is 9.88 Å². The van der Waals surface area contributed by atoms with Crippen molar-refractivity contribution in [2.45, 2.75) is 18.9 Å². The minimum absolute atomic E-state index is 0.0292. The maximum absolute atomic E-state index is 12.1. The van der Waals surface area contributed by atoms with Gasteiger partial charge in [0.15, 0.2) is 16.4 Å². The second-order valence-corrected chi connectivity index (χ2v) is 8.49. The van der Waals surface area contributed by atoms with Gasteiger partial charge in [-0.1, -0.05) is 18.2 Å². The van der Waals surface area contributed by atoms with Crippen LogP contribution in [0.3, 0.4) is 0 Å². The summed E-state index contributed by atoms with van der Waals surface area (Å²) in [5.74, 6) is -0.825. The molecule has 0 bridgehead atoms. The van der Waals surface area contributed by atoms with E-state index in [1.165, 1.54) is 4.90 Å². The van der Waals surface area contributed by atoms with Crippen molar-refractivity contribution < 1.29 is 22.7 Å². The van der Waals surface area contributed by atoms with Crippen molar-refractivity contribution in [3.8, 4) is 0 Å². The number of benzene rings is 1. The second kappa shape index (κ2) is 6.87. The van der Waals surface area contributed by atoms with E-state index in [0.29, 0.717) is 6.42 Å². The smallest absolute Gasteiger partial charge is 0.310 e. The topological polar surface area (TPSA) is 96.5 Å². The predicted octanol–water partition coefficient (Wildman–Crippen LogP) is 0.899. The molecule has 7 nitrogen and oxygen atoms in total. The van der Waals surface area contributed by atoms with Crippen LogP contribution >= 0.6 is 0 Å². The number of likely N-dealkylation sites (N-methyl/N-ethyl adjacent to an activating group) is 1. The van der Waals surface area contributed by atoms with E-state index < -0.39 is 21.7 Å². The Hall–Kier alpha value is -2.35. The Morgan fingerprint density at radius 1 is 1.32 bits per heavy atom. The number of aromatic nitrogens is 1. The van der Waals surface area contributed by atoms with Gasteiger partial charge in [-0.05, 0) is 18.1 Å². The minimum atomic E-state index is -3.07. The molecule has 1 fully saturated rings. The molecule has 0 aliphatic carbocycles. The Kier molecular flexibility index (Phi) is 4.80. The number of rotatable bonds is 5. The number of aromatic amines is 1. The van der Waals surface area contributed by atoms with Crippen LogP contribution in [0.2, 0.25) is 0 Å². The molecule has 1 aliphatic heterocycles. The molecule has 8 heteroatoms. The Bertz CT molecular complexity index is 903. The lowest BCUT2D eigenvalue weighted by molar-refractivity contribution is -0.151. The highest BCUT2D eigenvalue weighted by molar-refractivity contribution is 7.91. The summed E-state index contributed by atoms with van der Waals surface area (Å²) in [5, 5.41) is 0.944. The summed E-state index contributed by atoms with van der Waals surface area (Å²) in [4.78, 5) is 28.6. The SMILES string of the molecule is CN(C(=O)COC(=O)Cc1c[nH]c2ccccc12)C1CCS(=O)(=O)C1. The van der Waals surface area contributed by atoms with Crippen LogP contribution in [-0.2, 0) is 30.6 Å². The molecule has 134 valence electrons. The number of esters is 1. The van der Waals surface area contributed by atoms with Crippen molar-refractivity contribution in [3.63, 3.8) is 0 Å². The normalized spacial score (nSPS) is 19.0. The molecule has 0 spiro atoms. The molecule has 1 N–H and O–H groups in total. The molecule has 0 radical (unpaired) electrons. The summed E-state index contributed by atoms with van der Waals surface area (Å²) in [6.45, 7) is -0.381. The van der Waals surface area contributed by atoms with Gasteiger partial charge in [-0.25, -0.2) is 8.42 Å². The van der Waals surface area contributed by atoms with Gasteiger partial charge in [-0.3, -0.25) is 9.59 Å². The van der Waals surface area contributed by atoms with Gasteiger partial charge in [-0.2, -0.15) is 0 Å². The average Bonchev–Trinajstić information content (AvgIpc) is 3.15. The third-order valence-electron chi connectivity index (χ3n) is 4.52. The number of sulfone groups is 1. The first kappa shape index (κ1) is 17.5. The Morgan fingerprint density at radius 2 is 2.08 bits per heavy atom. The number of para-hydroxylation sites is 1. The van der Waals surface area contributed by atoms with Crippen LogP contribution in [0.4, 0.5) is 0 Å². The summed E-state index contributed by atoms with van der Waals surface area (Å²) >= 11 is 0. The summed E-state index contributed by atoms with van der Waals surface area (Å²) in [7, 11) is -1.52. The third kappa shape index (κ3) is 4.01. The molecule has 25 heavy (non-hydrogen) atoms. The highest BCUT2D eigenvalue weighted by atomic mass is 32.2. The zero-order valence-electron chi connectivity index (χ0n) is 13.9. The molecule has 3 rings (SSSR count). The molecule has 2 aromatic rings. The maximum Gasteiger partial charge on any atom is 0.310 e. The number of ether oxygens (including phenoxy) is 1. The zero-order chi connectivity index (χ0) is 18.0. The molecule has 1 aliphatic rings. The van der Waals surface area contributed by atoms with Gasteiger partial charge >= 0.3 is 5.97 Å². The van der Waals surface area contributed by atoms with E-state index in [0.717, 1.165) is 16.5 Å². The molecule has 1 aromatic carbocycles. The number of amides is 1. The van der Waals surface area contributed by atoms with Crippen LogP contribution in [0.25, 0.3) is 10.9 Å². The second-order valence-electron chi connectivity index (χ2n) is 6.26. The first-order chi connectivity index (χ1) is 11.9. The first-order valence-electron chi connectivity index (χ1n) is 8.02. The fourth-order valence-electron chi connectivity index (χ4n) is 3.01. The summed E-state index contributed by atoms with van der Waals surface area (Å²) in [6, 6.07) is 7.27. The minimum Gasteiger partial charge on any atom is -0.455 e. The Morgan fingerprint density at radius 3 is 2.80 bits per heavy atom. The fraction of sp³-hybridized carbons (Fsp3) is 0.412. The summed E-state index contributed by atoms with van der Waals surface area (Å²) in [5.41, 5.74) is 1.74. The van der Waals surface area contributed by atoms with Crippen LogP contribution in [-0.4, -0.2) is 61.4 Å². The molecule has 1 unspecified atom stereocenters. The van der Waals surface area contributed by atoms with Crippen LogP contribution in [0.5, 0.6) is 0 Å². The van der Waals surface area contributed by atoms with E-state index in [2.05, 4.69) is 4.98 Å². The lowest BCUT2D eigenvalue weighted by atomic mass is 10.1. The number of nitrogens with one attached hydrogen (secondary N) is 1. The lowest BCUT2D eigenvalue weighted by Crippen LogP contribution is -2.40. The standard InChI is InChI=1S/C17H20N2O5S/c1-19(13-6-7-25(22,23)11-13)16(20)10-24-17(21)8-12-9-18-15-5-3-2-4-14(12)15/h2-5,9,13,18H,6-8,10-11H2,1H3. The number of fused-ring (bicyclic) bond motifs is 1. The number of carbonyl (C=O) groups is 2. The zero-order valence-corrected chi connectivity index (χ0v) is 14.7. The van der Waals surface area contributed by atoms with E-state index in [9.17, 15) is 18.0 Å². The Labute approximate surface area is 145 Å². The van der Waals surface area contributed by atoms with Gasteiger partial charge in [0, 0.05) is 30.2 Å². The molecule has 1 aromatic heterocycles. The van der Waals surface area contributed by atoms with Crippen LogP contribution in [0.15, 0.2) is 30.5 Å². The summed E-state index contributed by atoms with van der Waals surface area (Å²) in [6.07, 6.45) is 2.25. The maximum atomic E-state index is 12.1. The third-order valence-corrected chi connectivity index (χ3v) is 6.27. The average molecular weight is 364 g/mol. The largest absolute Gasteiger partial charge is 0.455 e. The highest BCUT2D eigenvalue weighted by Crippen LogP contribution is 2.19. The molecule has 1 saturated heterocycles. The molecule has 1 atom stereocenters. The molecular weight excluding hydrogens is 344 g/mol. The van der Waals surface area contributed by atoms with E-state index in [1.807, 2.05) is 24.3 Å². The van der Waals surface area contributed by atoms with Crippen LogP contribution in [0.1, 0.15) is 12.0 Å². The van der Waals surface area contributed by atoms with Crippen LogP contribution < -0.4 is 0 Å². The van der Waals surface area contributed by atoms with Crippen molar-refractivity contribution in [3.05, 3.63) is 36.0 Å². The number of nitrogens with zero attached hydrogens (tertiary/aromatic N) is 1. The van der Waals surface area contributed by atoms with Crippen molar-refractivity contribution in [2.24, 2.45) is 0 Å².